The van der Waals surface area contributed by atoms with Gasteiger partial charge < -0.3 is 9.36 Å². The van der Waals surface area contributed by atoms with Gasteiger partial charge in [-0.15, -0.1) is 0 Å². The molecule has 4 rings (SSSR count). The van der Waals surface area contributed by atoms with E-state index in [0.29, 0.717) is 15.6 Å². The van der Waals surface area contributed by atoms with Gasteiger partial charge in [0.1, 0.15) is 17.0 Å². The Kier molecular flexibility index (Phi) is 4.01. The Morgan fingerprint density at radius 3 is 2.37 bits per heavy atom. The van der Waals surface area contributed by atoms with Crippen LogP contribution in [0.4, 0.5) is 0 Å². The van der Waals surface area contributed by atoms with Gasteiger partial charge in [-0.1, -0.05) is 46.1 Å². The first-order chi connectivity index (χ1) is 13.0. The fourth-order valence-corrected chi connectivity index (χ4v) is 3.01. The zero-order chi connectivity index (χ0) is 19.1. The number of rotatable bonds is 3. The monoisotopic (exact) mass is 382 g/mol. The van der Waals surface area contributed by atoms with Crippen molar-refractivity contribution in [2.75, 3.05) is 0 Å². The third-order valence-corrected chi connectivity index (χ3v) is 4.33. The van der Waals surface area contributed by atoms with Gasteiger partial charge in [-0.05, 0) is 31.2 Å². The molecule has 0 aliphatic carbocycles. The minimum Gasteiger partial charge on any atom is -0.360 e. The molecule has 0 atom stereocenters. The number of hydroxylamine groups is 2. The molecule has 0 saturated carbocycles. The fourth-order valence-electron chi connectivity index (χ4n) is 2.82. The maximum Gasteiger partial charge on any atom is 0.369 e. The molecule has 8 heteroatoms. The molecule has 0 bridgehead atoms. The van der Waals surface area contributed by atoms with E-state index in [1.807, 2.05) is 0 Å². The minimum atomic E-state index is -0.932. The Hall–Kier alpha value is -3.45. The van der Waals surface area contributed by atoms with Gasteiger partial charge in [-0.3, -0.25) is 9.59 Å². The normalized spacial score (nSPS) is 13.0. The molecule has 134 valence electrons. The molecule has 0 saturated heterocycles. The number of imide groups is 1. The van der Waals surface area contributed by atoms with E-state index in [4.69, 9.17) is 21.0 Å². The molecule has 2 amide bonds. The van der Waals surface area contributed by atoms with Crippen molar-refractivity contribution in [3.05, 3.63) is 76.0 Å². The summed E-state index contributed by atoms with van der Waals surface area (Å²) in [5.41, 5.74) is 1.10. The second-order valence-electron chi connectivity index (χ2n) is 5.80. The first-order valence-corrected chi connectivity index (χ1v) is 8.27. The standard InChI is InChI=1S/C19H11ClN2O5/c1-10-15(16(21-26-10)11-5-4-6-12(20)9-11)19(25)27-22-17(23)13-7-2-3-8-14(13)18(22)24/h2-9H,1H3. The van der Waals surface area contributed by atoms with E-state index >= 15 is 0 Å². The molecule has 0 N–H and O–H groups in total. The van der Waals surface area contributed by atoms with E-state index in [1.54, 1.807) is 36.4 Å². The van der Waals surface area contributed by atoms with Crippen LogP contribution in [0, 0.1) is 6.92 Å². The van der Waals surface area contributed by atoms with Gasteiger partial charge in [-0.2, -0.15) is 0 Å². The van der Waals surface area contributed by atoms with Crippen molar-refractivity contribution >= 4 is 29.4 Å². The summed E-state index contributed by atoms with van der Waals surface area (Å²) in [4.78, 5) is 42.5. The molecule has 2 aromatic carbocycles. The third kappa shape index (κ3) is 2.78. The fraction of sp³-hybridized carbons (Fsp3) is 0.0526. The Bertz CT molecular complexity index is 1070. The average Bonchev–Trinajstić information content (AvgIpc) is 3.16. The smallest absolute Gasteiger partial charge is 0.360 e. The van der Waals surface area contributed by atoms with Crippen molar-refractivity contribution in [3.63, 3.8) is 0 Å². The zero-order valence-corrected chi connectivity index (χ0v) is 14.7. The highest BCUT2D eigenvalue weighted by molar-refractivity contribution is 6.30. The van der Waals surface area contributed by atoms with Gasteiger partial charge in [0.05, 0.1) is 11.1 Å². The van der Waals surface area contributed by atoms with Gasteiger partial charge >= 0.3 is 5.97 Å². The largest absolute Gasteiger partial charge is 0.369 e. The summed E-state index contributed by atoms with van der Waals surface area (Å²) in [7, 11) is 0. The Balaban J connectivity index is 1.67. The minimum absolute atomic E-state index is 0.00817. The molecular formula is C19H11ClN2O5. The molecule has 7 nitrogen and oxygen atoms in total. The van der Waals surface area contributed by atoms with Gasteiger partial charge in [0, 0.05) is 10.6 Å². The number of halogens is 1. The van der Waals surface area contributed by atoms with Crippen LogP contribution < -0.4 is 0 Å². The summed E-state index contributed by atoms with van der Waals surface area (Å²) in [5.74, 6) is -2.16. The van der Waals surface area contributed by atoms with E-state index in [9.17, 15) is 14.4 Å². The SMILES string of the molecule is Cc1onc(-c2cccc(Cl)c2)c1C(=O)ON1C(=O)c2ccccc2C1=O. The van der Waals surface area contributed by atoms with Crippen molar-refractivity contribution in [1.82, 2.24) is 10.2 Å². The Morgan fingerprint density at radius 1 is 1.07 bits per heavy atom. The lowest BCUT2D eigenvalue weighted by atomic mass is 10.1. The average molecular weight is 383 g/mol. The predicted octanol–water partition coefficient (Wildman–Crippen LogP) is 3.67. The van der Waals surface area contributed by atoms with Crippen LogP contribution in [0.15, 0.2) is 53.1 Å². The number of hydrogen-bond acceptors (Lipinski definition) is 6. The maximum atomic E-state index is 12.7. The van der Waals surface area contributed by atoms with E-state index in [0.717, 1.165) is 0 Å². The van der Waals surface area contributed by atoms with Crippen LogP contribution in [0.25, 0.3) is 11.3 Å². The number of aryl methyl sites for hydroxylation is 1. The molecule has 0 unspecified atom stereocenters. The number of carbonyl (C=O) groups is 3. The molecule has 27 heavy (non-hydrogen) atoms. The predicted molar refractivity (Wildman–Crippen MR) is 94.0 cm³/mol. The summed E-state index contributed by atoms with van der Waals surface area (Å²) in [5, 5.41) is 4.77. The summed E-state index contributed by atoms with van der Waals surface area (Å²) >= 11 is 5.99. The lowest BCUT2D eigenvalue weighted by Gasteiger charge is -2.12. The lowest BCUT2D eigenvalue weighted by Crippen LogP contribution is -2.32. The van der Waals surface area contributed by atoms with Crippen molar-refractivity contribution < 1.29 is 23.7 Å². The van der Waals surface area contributed by atoms with Gasteiger partial charge in [0.2, 0.25) is 0 Å². The highest BCUT2D eigenvalue weighted by Gasteiger charge is 2.39. The van der Waals surface area contributed by atoms with Crippen LogP contribution in [0.3, 0.4) is 0 Å². The van der Waals surface area contributed by atoms with Crippen molar-refractivity contribution in [1.29, 1.82) is 0 Å². The highest BCUT2D eigenvalue weighted by atomic mass is 35.5. The molecular weight excluding hydrogens is 372 g/mol. The molecule has 3 aromatic rings. The van der Waals surface area contributed by atoms with Crippen LogP contribution in [0.5, 0.6) is 0 Å². The summed E-state index contributed by atoms with van der Waals surface area (Å²) in [6, 6.07) is 12.9. The first-order valence-electron chi connectivity index (χ1n) is 7.89. The van der Waals surface area contributed by atoms with Crippen LogP contribution in [0.2, 0.25) is 5.02 Å². The molecule has 1 aliphatic rings. The molecule has 2 heterocycles. The number of aromatic nitrogens is 1. The second-order valence-corrected chi connectivity index (χ2v) is 6.24. The lowest BCUT2D eigenvalue weighted by molar-refractivity contribution is -0.0585. The van der Waals surface area contributed by atoms with Crippen LogP contribution in [-0.4, -0.2) is 28.0 Å². The number of benzene rings is 2. The van der Waals surface area contributed by atoms with Crippen molar-refractivity contribution in [3.8, 4) is 11.3 Å². The maximum absolute atomic E-state index is 12.7. The molecule has 1 aromatic heterocycles. The van der Waals surface area contributed by atoms with Crippen LogP contribution >= 0.6 is 11.6 Å². The number of carbonyl (C=O) groups excluding carboxylic acids is 3. The Labute approximate surface area is 158 Å². The molecule has 0 fully saturated rings. The van der Waals surface area contributed by atoms with Crippen molar-refractivity contribution in [2.24, 2.45) is 0 Å². The molecule has 0 spiro atoms. The van der Waals surface area contributed by atoms with Crippen molar-refractivity contribution in [2.45, 2.75) is 6.92 Å². The Morgan fingerprint density at radius 2 is 1.74 bits per heavy atom. The number of hydrogen-bond donors (Lipinski definition) is 0. The second kappa shape index (κ2) is 6.37. The third-order valence-electron chi connectivity index (χ3n) is 4.10. The number of nitrogens with zero attached hydrogens (tertiary/aromatic N) is 2. The first kappa shape index (κ1) is 17.0. The van der Waals surface area contributed by atoms with E-state index in [1.165, 1.54) is 19.1 Å². The molecule has 0 radical (unpaired) electrons. The van der Waals surface area contributed by atoms with Gasteiger partial charge in [0.25, 0.3) is 11.8 Å². The quantitative estimate of drug-likeness (QED) is 0.642. The number of fused-ring (bicyclic) bond motifs is 1. The molecule has 1 aliphatic heterocycles. The summed E-state index contributed by atoms with van der Waals surface area (Å²) in [6.07, 6.45) is 0. The number of amides is 2. The van der Waals surface area contributed by atoms with Crippen LogP contribution in [0.1, 0.15) is 36.8 Å². The summed E-state index contributed by atoms with van der Waals surface area (Å²) < 4.78 is 5.11. The van der Waals surface area contributed by atoms with E-state index in [2.05, 4.69) is 5.16 Å². The topological polar surface area (TPSA) is 89.7 Å². The van der Waals surface area contributed by atoms with Gasteiger partial charge in [-0.25, -0.2) is 4.79 Å². The van der Waals surface area contributed by atoms with Crippen LogP contribution in [-0.2, 0) is 4.84 Å². The van der Waals surface area contributed by atoms with E-state index < -0.39 is 17.8 Å². The van der Waals surface area contributed by atoms with E-state index in [-0.39, 0.29) is 28.1 Å². The highest BCUT2D eigenvalue weighted by Crippen LogP contribution is 2.29. The summed E-state index contributed by atoms with van der Waals surface area (Å²) in [6.45, 7) is 1.53. The van der Waals surface area contributed by atoms with Gasteiger partial charge in [0.15, 0.2) is 0 Å². The zero-order valence-electron chi connectivity index (χ0n) is 13.9.